The number of hydrogen-bond acceptors (Lipinski definition) is 3. The van der Waals surface area contributed by atoms with Gasteiger partial charge in [-0.2, -0.15) is 5.26 Å². The average molecular weight is 263 g/mol. The zero-order valence-electron chi connectivity index (χ0n) is 9.11. The molecule has 0 spiro atoms. The third-order valence-electron chi connectivity index (χ3n) is 2.37. The molecule has 1 aromatic carbocycles. The molecule has 1 N–H and O–H groups in total. The zero-order chi connectivity index (χ0) is 12.1. The summed E-state index contributed by atoms with van der Waals surface area (Å²) in [6.07, 6.45) is 0.953. The Kier molecular flexibility index (Phi) is 4.03. The molecule has 0 saturated heterocycles. The highest BCUT2D eigenvalue weighted by molar-refractivity contribution is 7.09. The predicted octanol–water partition coefficient (Wildman–Crippen LogP) is 3.93. The van der Waals surface area contributed by atoms with Gasteiger partial charge in [0, 0.05) is 16.4 Å². The van der Waals surface area contributed by atoms with Crippen LogP contribution < -0.4 is 5.32 Å². The van der Waals surface area contributed by atoms with Crippen LogP contribution in [0.3, 0.4) is 0 Å². The van der Waals surface area contributed by atoms with E-state index in [-0.39, 0.29) is 0 Å². The number of nitrogens with one attached hydrogen (secondary N) is 1. The Morgan fingerprint density at radius 3 is 2.94 bits per heavy atom. The number of rotatable bonds is 4. The van der Waals surface area contributed by atoms with Crippen LogP contribution in [-0.2, 0) is 6.42 Å². The van der Waals surface area contributed by atoms with Gasteiger partial charge in [0.2, 0.25) is 0 Å². The minimum atomic E-state index is 0.626. The van der Waals surface area contributed by atoms with E-state index in [2.05, 4.69) is 22.8 Å². The summed E-state index contributed by atoms with van der Waals surface area (Å²) in [5.41, 5.74) is 1.43. The first-order valence-electron chi connectivity index (χ1n) is 5.25. The van der Waals surface area contributed by atoms with E-state index in [1.807, 2.05) is 6.07 Å². The van der Waals surface area contributed by atoms with Crippen molar-refractivity contribution in [3.63, 3.8) is 0 Å². The maximum Gasteiger partial charge on any atom is 0.101 e. The summed E-state index contributed by atoms with van der Waals surface area (Å²) in [4.78, 5) is 1.33. The Morgan fingerprint density at radius 1 is 1.35 bits per heavy atom. The van der Waals surface area contributed by atoms with E-state index in [9.17, 15) is 0 Å². The van der Waals surface area contributed by atoms with Gasteiger partial charge in [0.1, 0.15) is 6.07 Å². The van der Waals surface area contributed by atoms with Crippen molar-refractivity contribution < 1.29 is 0 Å². The van der Waals surface area contributed by atoms with Crippen molar-refractivity contribution in [3.8, 4) is 6.07 Å². The van der Waals surface area contributed by atoms with E-state index in [1.54, 1.807) is 29.5 Å². The first kappa shape index (κ1) is 12.0. The molecule has 1 aromatic heterocycles. The minimum absolute atomic E-state index is 0.626. The summed E-state index contributed by atoms with van der Waals surface area (Å²) in [5.74, 6) is 0. The molecule has 0 fully saturated rings. The van der Waals surface area contributed by atoms with Crippen LogP contribution in [0.4, 0.5) is 5.69 Å². The van der Waals surface area contributed by atoms with Crippen LogP contribution in [0.2, 0.25) is 5.02 Å². The van der Waals surface area contributed by atoms with E-state index >= 15 is 0 Å². The second kappa shape index (κ2) is 5.72. The normalized spacial score (nSPS) is 9.88. The monoisotopic (exact) mass is 262 g/mol. The van der Waals surface area contributed by atoms with Gasteiger partial charge in [-0.3, -0.25) is 0 Å². The van der Waals surface area contributed by atoms with E-state index in [1.165, 1.54) is 4.88 Å². The Morgan fingerprint density at radius 2 is 2.24 bits per heavy atom. The lowest BCUT2D eigenvalue weighted by molar-refractivity contribution is 1.04. The molecule has 86 valence electrons. The maximum absolute atomic E-state index is 8.96. The molecule has 2 nitrogen and oxygen atoms in total. The summed E-state index contributed by atoms with van der Waals surface area (Å²) in [6, 6.07) is 11.5. The molecular weight excluding hydrogens is 252 g/mol. The highest BCUT2D eigenvalue weighted by Crippen LogP contribution is 2.20. The fraction of sp³-hybridized carbons (Fsp3) is 0.154. The second-order valence-corrected chi connectivity index (χ2v) is 5.03. The van der Waals surface area contributed by atoms with Crippen LogP contribution in [0.25, 0.3) is 0 Å². The number of nitrogens with zero attached hydrogens (tertiary/aromatic N) is 1. The fourth-order valence-corrected chi connectivity index (χ4v) is 2.42. The van der Waals surface area contributed by atoms with Gasteiger partial charge < -0.3 is 5.32 Å². The SMILES string of the molecule is N#Cc1ccc(Cl)cc1NCCc1cccs1. The molecule has 0 aliphatic rings. The summed E-state index contributed by atoms with van der Waals surface area (Å²) in [5, 5.41) is 14.9. The second-order valence-electron chi connectivity index (χ2n) is 3.56. The van der Waals surface area contributed by atoms with Gasteiger partial charge in [0.15, 0.2) is 0 Å². The molecule has 2 aromatic rings. The van der Waals surface area contributed by atoms with Crippen molar-refractivity contribution in [3.05, 3.63) is 51.2 Å². The van der Waals surface area contributed by atoms with Crippen molar-refractivity contribution in [2.75, 3.05) is 11.9 Å². The molecule has 0 radical (unpaired) electrons. The van der Waals surface area contributed by atoms with Crippen LogP contribution in [0.5, 0.6) is 0 Å². The van der Waals surface area contributed by atoms with Crippen molar-refractivity contribution in [1.82, 2.24) is 0 Å². The molecular formula is C13H11ClN2S. The molecule has 0 aliphatic carbocycles. The highest BCUT2D eigenvalue weighted by Gasteiger charge is 2.02. The standard InChI is InChI=1S/C13H11ClN2S/c14-11-4-3-10(9-15)13(8-11)16-6-5-12-2-1-7-17-12/h1-4,7-8,16H,5-6H2. The summed E-state index contributed by atoms with van der Waals surface area (Å²) in [6.45, 7) is 0.801. The maximum atomic E-state index is 8.96. The van der Waals surface area contributed by atoms with Crippen molar-refractivity contribution in [2.24, 2.45) is 0 Å². The first-order valence-corrected chi connectivity index (χ1v) is 6.51. The summed E-state index contributed by atoms with van der Waals surface area (Å²) < 4.78 is 0. The molecule has 0 unspecified atom stereocenters. The van der Waals surface area contributed by atoms with Gasteiger partial charge in [-0.05, 0) is 36.1 Å². The average Bonchev–Trinajstić information content (AvgIpc) is 2.82. The quantitative estimate of drug-likeness (QED) is 0.906. The van der Waals surface area contributed by atoms with Gasteiger partial charge in [0.25, 0.3) is 0 Å². The lowest BCUT2D eigenvalue weighted by Crippen LogP contribution is -2.05. The Balaban J connectivity index is 1.99. The smallest absolute Gasteiger partial charge is 0.101 e. The molecule has 4 heteroatoms. The van der Waals surface area contributed by atoms with Crippen LogP contribution in [0.15, 0.2) is 35.7 Å². The van der Waals surface area contributed by atoms with Gasteiger partial charge in [-0.25, -0.2) is 0 Å². The molecule has 0 bridgehead atoms. The van der Waals surface area contributed by atoms with Gasteiger partial charge in [0.05, 0.1) is 11.3 Å². The van der Waals surface area contributed by atoms with Crippen molar-refractivity contribution in [2.45, 2.75) is 6.42 Å². The third-order valence-corrected chi connectivity index (χ3v) is 3.54. The molecule has 0 saturated carbocycles. The molecule has 0 atom stereocenters. The van der Waals surface area contributed by atoms with Crippen LogP contribution in [0, 0.1) is 11.3 Å². The van der Waals surface area contributed by atoms with Crippen molar-refractivity contribution >= 4 is 28.6 Å². The van der Waals surface area contributed by atoms with Gasteiger partial charge >= 0.3 is 0 Å². The number of hydrogen-bond donors (Lipinski definition) is 1. The van der Waals surface area contributed by atoms with Crippen LogP contribution in [0.1, 0.15) is 10.4 Å². The molecule has 0 amide bonds. The summed E-state index contributed by atoms with van der Waals surface area (Å²) >= 11 is 7.65. The lowest BCUT2D eigenvalue weighted by atomic mass is 10.2. The first-order chi connectivity index (χ1) is 8.29. The summed E-state index contributed by atoms with van der Waals surface area (Å²) in [7, 11) is 0. The van der Waals surface area contributed by atoms with Gasteiger partial charge in [-0.1, -0.05) is 17.7 Å². The Bertz CT molecular complexity index is 529. The largest absolute Gasteiger partial charge is 0.384 e. The number of benzene rings is 1. The van der Waals surface area contributed by atoms with E-state index in [4.69, 9.17) is 16.9 Å². The highest BCUT2D eigenvalue weighted by atomic mass is 35.5. The fourth-order valence-electron chi connectivity index (χ4n) is 1.54. The van der Waals surface area contributed by atoms with E-state index in [0.29, 0.717) is 10.6 Å². The molecule has 17 heavy (non-hydrogen) atoms. The zero-order valence-corrected chi connectivity index (χ0v) is 10.7. The van der Waals surface area contributed by atoms with Crippen LogP contribution in [-0.4, -0.2) is 6.54 Å². The van der Waals surface area contributed by atoms with Crippen molar-refractivity contribution in [1.29, 1.82) is 5.26 Å². The molecule has 2 rings (SSSR count). The van der Waals surface area contributed by atoms with E-state index in [0.717, 1.165) is 18.7 Å². The lowest BCUT2D eigenvalue weighted by Gasteiger charge is -2.07. The van der Waals surface area contributed by atoms with Gasteiger partial charge in [-0.15, -0.1) is 11.3 Å². The minimum Gasteiger partial charge on any atom is -0.384 e. The number of anilines is 1. The Labute approximate surface area is 109 Å². The number of halogens is 1. The third kappa shape index (κ3) is 3.23. The number of thiophene rings is 1. The molecule has 0 aliphatic heterocycles. The van der Waals surface area contributed by atoms with E-state index < -0.39 is 0 Å². The van der Waals surface area contributed by atoms with Crippen LogP contribution >= 0.6 is 22.9 Å². The molecule has 1 heterocycles. The Hall–Kier alpha value is -1.50. The predicted molar refractivity (Wildman–Crippen MR) is 72.7 cm³/mol. The number of nitriles is 1. The topological polar surface area (TPSA) is 35.8 Å².